The Morgan fingerprint density at radius 3 is 2.76 bits per heavy atom. The summed E-state index contributed by atoms with van der Waals surface area (Å²) in [5.41, 5.74) is 2.92. The van der Waals surface area contributed by atoms with E-state index in [1.54, 1.807) is 0 Å². The van der Waals surface area contributed by atoms with Crippen LogP contribution in [0.25, 0.3) is 0 Å². The van der Waals surface area contributed by atoms with Gasteiger partial charge in [0.05, 0.1) is 29.7 Å². The van der Waals surface area contributed by atoms with E-state index in [1.165, 1.54) is 5.69 Å². The summed E-state index contributed by atoms with van der Waals surface area (Å²) in [6.07, 6.45) is 5.80. The number of hydrogen-bond donors (Lipinski definition) is 0. The first-order chi connectivity index (χ1) is 12.0. The molecular weight excluding hydrogens is 318 g/mol. The molecule has 0 unspecified atom stereocenters. The molecule has 2 fully saturated rings. The summed E-state index contributed by atoms with van der Waals surface area (Å²) in [5.74, 6) is 1.09. The molecule has 1 atom stereocenters. The molecule has 7 heteroatoms. The van der Waals surface area contributed by atoms with Gasteiger partial charge in [-0.05, 0) is 33.2 Å². The van der Waals surface area contributed by atoms with Gasteiger partial charge >= 0.3 is 0 Å². The molecule has 2 aromatic heterocycles. The Bertz CT molecular complexity index is 776. The van der Waals surface area contributed by atoms with Crippen LogP contribution in [0, 0.1) is 19.3 Å². The predicted molar refractivity (Wildman–Crippen MR) is 91.5 cm³/mol. The number of amides is 1. The van der Waals surface area contributed by atoms with E-state index in [0.717, 1.165) is 56.0 Å². The Morgan fingerprint density at radius 2 is 2.12 bits per heavy atom. The van der Waals surface area contributed by atoms with Crippen molar-refractivity contribution in [3.8, 4) is 0 Å². The first-order valence-corrected chi connectivity index (χ1v) is 8.87. The van der Waals surface area contributed by atoms with Crippen molar-refractivity contribution in [2.45, 2.75) is 39.8 Å². The van der Waals surface area contributed by atoms with Crippen molar-refractivity contribution in [3.05, 3.63) is 35.2 Å². The molecule has 4 rings (SSSR count). The van der Waals surface area contributed by atoms with E-state index in [1.807, 2.05) is 42.9 Å². The number of likely N-dealkylation sites (tertiary alicyclic amines) is 2. The van der Waals surface area contributed by atoms with Crippen LogP contribution >= 0.6 is 0 Å². The van der Waals surface area contributed by atoms with Gasteiger partial charge in [-0.15, -0.1) is 0 Å². The highest BCUT2D eigenvalue weighted by molar-refractivity contribution is 5.89. The predicted octanol–water partition coefficient (Wildman–Crippen LogP) is 1.65. The number of imidazole rings is 1. The van der Waals surface area contributed by atoms with Crippen molar-refractivity contribution >= 4 is 5.91 Å². The van der Waals surface area contributed by atoms with E-state index >= 15 is 0 Å². The van der Waals surface area contributed by atoms with Gasteiger partial charge in [0.15, 0.2) is 0 Å². The summed E-state index contributed by atoms with van der Waals surface area (Å²) in [4.78, 5) is 21.5. The second-order valence-corrected chi connectivity index (χ2v) is 7.55. The number of aryl methyl sites for hydroxylation is 3. The molecule has 7 nitrogen and oxygen atoms in total. The highest BCUT2D eigenvalue weighted by Crippen LogP contribution is 2.41. The number of piperidine rings is 1. The average Bonchev–Trinajstić information content (AvgIpc) is 3.14. The number of hydrogen-bond acceptors (Lipinski definition) is 5. The third-order valence-corrected chi connectivity index (χ3v) is 5.72. The van der Waals surface area contributed by atoms with Gasteiger partial charge in [-0.3, -0.25) is 9.69 Å². The molecule has 25 heavy (non-hydrogen) atoms. The number of carbonyl (C=O) groups excluding carboxylic acids is 1. The standard InChI is InChI=1S/C18H25N5O2/c1-13-16(14(2)25-20-13)9-23-11-18(17(23)24)5-4-6-22(10-18)8-15-7-19-12-21(15)3/h7,12H,4-6,8-11H2,1-3H3/t18-/m1/s1. The Kier molecular flexibility index (Phi) is 3.91. The number of nitrogens with zero attached hydrogens (tertiary/aromatic N) is 5. The van der Waals surface area contributed by atoms with E-state index < -0.39 is 0 Å². The third-order valence-electron chi connectivity index (χ3n) is 5.72. The summed E-state index contributed by atoms with van der Waals surface area (Å²) in [5, 5.41) is 3.99. The Morgan fingerprint density at radius 1 is 1.28 bits per heavy atom. The van der Waals surface area contributed by atoms with Crippen LogP contribution in [0.3, 0.4) is 0 Å². The van der Waals surface area contributed by atoms with Gasteiger partial charge in [0.2, 0.25) is 5.91 Å². The number of rotatable bonds is 4. The topological polar surface area (TPSA) is 67.4 Å². The van der Waals surface area contributed by atoms with Crippen molar-refractivity contribution in [2.75, 3.05) is 19.6 Å². The lowest BCUT2D eigenvalue weighted by atomic mass is 9.72. The second-order valence-electron chi connectivity index (χ2n) is 7.55. The molecule has 2 saturated heterocycles. The van der Waals surface area contributed by atoms with E-state index in [-0.39, 0.29) is 11.3 Å². The number of aromatic nitrogens is 3. The Balaban J connectivity index is 1.41. The van der Waals surface area contributed by atoms with Crippen molar-refractivity contribution in [3.63, 3.8) is 0 Å². The van der Waals surface area contributed by atoms with Crippen LogP contribution in [0.5, 0.6) is 0 Å². The van der Waals surface area contributed by atoms with Crippen LogP contribution in [0.1, 0.15) is 35.6 Å². The molecule has 0 N–H and O–H groups in total. The molecule has 0 aliphatic carbocycles. The summed E-state index contributed by atoms with van der Waals surface area (Å²) in [7, 11) is 2.02. The summed E-state index contributed by atoms with van der Waals surface area (Å²) in [6.45, 7) is 8.03. The van der Waals surface area contributed by atoms with Gasteiger partial charge in [-0.1, -0.05) is 5.16 Å². The Labute approximate surface area is 147 Å². The van der Waals surface area contributed by atoms with Crippen molar-refractivity contribution in [2.24, 2.45) is 12.5 Å². The third kappa shape index (κ3) is 2.76. The fraction of sp³-hybridized carbons (Fsp3) is 0.611. The van der Waals surface area contributed by atoms with Crippen LogP contribution in [0.4, 0.5) is 0 Å². The minimum absolute atomic E-state index is 0.199. The summed E-state index contributed by atoms with van der Waals surface area (Å²) >= 11 is 0. The molecule has 0 radical (unpaired) electrons. The molecular formula is C18H25N5O2. The van der Waals surface area contributed by atoms with Crippen LogP contribution in [-0.4, -0.2) is 50.0 Å². The van der Waals surface area contributed by atoms with Gasteiger partial charge in [0.1, 0.15) is 5.76 Å². The minimum atomic E-state index is -0.199. The number of carbonyl (C=O) groups is 1. The molecule has 2 aliphatic heterocycles. The zero-order valence-electron chi connectivity index (χ0n) is 15.2. The largest absolute Gasteiger partial charge is 0.361 e. The molecule has 0 bridgehead atoms. The van der Waals surface area contributed by atoms with Crippen LogP contribution < -0.4 is 0 Å². The Hall–Kier alpha value is -2.15. The smallest absolute Gasteiger partial charge is 0.232 e. The SMILES string of the molecule is Cc1noc(C)c1CN1C[C@]2(CCCN(Cc3cncn3C)C2)C1=O. The van der Waals surface area contributed by atoms with E-state index in [2.05, 4.69) is 15.0 Å². The molecule has 0 aromatic carbocycles. The molecule has 1 amide bonds. The van der Waals surface area contributed by atoms with Crippen LogP contribution in [0.15, 0.2) is 17.0 Å². The first-order valence-electron chi connectivity index (χ1n) is 8.87. The minimum Gasteiger partial charge on any atom is -0.361 e. The summed E-state index contributed by atoms with van der Waals surface area (Å²) in [6, 6.07) is 0. The van der Waals surface area contributed by atoms with E-state index in [9.17, 15) is 4.79 Å². The molecule has 0 saturated carbocycles. The van der Waals surface area contributed by atoms with Crippen molar-refractivity contribution in [1.82, 2.24) is 24.5 Å². The fourth-order valence-corrected chi connectivity index (χ4v) is 4.23. The lowest BCUT2D eigenvalue weighted by molar-refractivity contribution is -0.167. The quantitative estimate of drug-likeness (QED) is 0.790. The second kappa shape index (κ2) is 5.98. The van der Waals surface area contributed by atoms with E-state index in [0.29, 0.717) is 6.54 Å². The molecule has 1 spiro atoms. The van der Waals surface area contributed by atoms with Crippen molar-refractivity contribution < 1.29 is 9.32 Å². The average molecular weight is 343 g/mol. The van der Waals surface area contributed by atoms with Gasteiger partial charge < -0.3 is 14.0 Å². The van der Waals surface area contributed by atoms with Gasteiger partial charge in [-0.25, -0.2) is 4.98 Å². The normalized spacial score (nSPS) is 24.1. The van der Waals surface area contributed by atoms with Crippen LogP contribution in [0.2, 0.25) is 0 Å². The fourth-order valence-electron chi connectivity index (χ4n) is 4.23. The number of β-lactam (4-membered cyclic amide) rings is 1. The lowest BCUT2D eigenvalue weighted by Crippen LogP contribution is -2.66. The zero-order valence-corrected chi connectivity index (χ0v) is 15.2. The molecule has 134 valence electrons. The van der Waals surface area contributed by atoms with E-state index in [4.69, 9.17) is 4.52 Å². The molecule has 4 heterocycles. The van der Waals surface area contributed by atoms with Gasteiger partial charge in [0.25, 0.3) is 0 Å². The molecule has 2 aliphatic rings. The van der Waals surface area contributed by atoms with Crippen molar-refractivity contribution in [1.29, 1.82) is 0 Å². The highest BCUT2D eigenvalue weighted by atomic mass is 16.5. The first kappa shape index (κ1) is 16.3. The van der Waals surface area contributed by atoms with Gasteiger partial charge in [-0.2, -0.15) is 0 Å². The van der Waals surface area contributed by atoms with Gasteiger partial charge in [0, 0.05) is 38.4 Å². The highest BCUT2D eigenvalue weighted by Gasteiger charge is 2.53. The monoisotopic (exact) mass is 343 g/mol. The summed E-state index contributed by atoms with van der Waals surface area (Å²) < 4.78 is 7.27. The van der Waals surface area contributed by atoms with Crippen LogP contribution in [-0.2, 0) is 24.9 Å². The maximum absolute atomic E-state index is 12.9. The zero-order chi connectivity index (χ0) is 17.6. The molecule has 2 aromatic rings. The maximum atomic E-state index is 12.9. The lowest BCUT2D eigenvalue weighted by Gasteiger charge is -2.53. The maximum Gasteiger partial charge on any atom is 0.232 e.